The molecule has 0 spiro atoms. The molecule has 1 amide bonds. The average Bonchev–Trinajstić information content (AvgIpc) is 3.05. The Bertz CT molecular complexity index is 1110. The van der Waals surface area contributed by atoms with E-state index in [9.17, 15) is 22.8 Å². The molecule has 0 saturated heterocycles. The fourth-order valence-corrected chi connectivity index (χ4v) is 4.51. The van der Waals surface area contributed by atoms with E-state index in [1.165, 1.54) is 12.1 Å². The van der Waals surface area contributed by atoms with E-state index >= 15 is 0 Å². The Balaban J connectivity index is 2.06. The van der Waals surface area contributed by atoms with Crippen LogP contribution in [0, 0.1) is 17.5 Å². The minimum Gasteiger partial charge on any atom is -0.483 e. The van der Waals surface area contributed by atoms with Gasteiger partial charge in [-0.25, -0.2) is 18.0 Å². The van der Waals surface area contributed by atoms with E-state index in [0.717, 1.165) is 23.5 Å². The van der Waals surface area contributed by atoms with Gasteiger partial charge in [-0.05, 0) is 31.2 Å². The maximum Gasteiger partial charge on any atom is 0.348 e. The zero-order chi connectivity index (χ0) is 21.3. The molecule has 0 bridgehead atoms. The van der Waals surface area contributed by atoms with Crippen LogP contribution in [0.3, 0.4) is 0 Å². The molecule has 0 unspecified atom stereocenters. The molecule has 2 aromatic carbocycles. The van der Waals surface area contributed by atoms with Gasteiger partial charge in [-0.1, -0.05) is 15.9 Å². The van der Waals surface area contributed by atoms with Gasteiger partial charge in [-0.15, -0.1) is 11.3 Å². The van der Waals surface area contributed by atoms with Gasteiger partial charge in [0.2, 0.25) is 5.91 Å². The van der Waals surface area contributed by atoms with Gasteiger partial charge >= 0.3 is 5.97 Å². The van der Waals surface area contributed by atoms with Crippen molar-refractivity contribution in [1.82, 2.24) is 0 Å². The van der Waals surface area contributed by atoms with Crippen LogP contribution in [0.25, 0.3) is 10.1 Å². The lowest BCUT2D eigenvalue weighted by molar-refractivity contribution is 0.0529. The van der Waals surface area contributed by atoms with Crippen molar-refractivity contribution in [2.24, 2.45) is 5.73 Å². The maximum absolute atomic E-state index is 14.3. The molecule has 3 aromatic rings. The van der Waals surface area contributed by atoms with Crippen LogP contribution < -0.4 is 10.5 Å². The van der Waals surface area contributed by atoms with Gasteiger partial charge in [0.25, 0.3) is 0 Å². The van der Waals surface area contributed by atoms with Crippen LogP contribution in [-0.4, -0.2) is 18.5 Å². The quantitative estimate of drug-likeness (QED) is 0.499. The molecule has 152 valence electrons. The van der Waals surface area contributed by atoms with Crippen molar-refractivity contribution in [3.63, 3.8) is 0 Å². The molecule has 0 aliphatic heterocycles. The SMILES string of the molecule is CCOC(=O)c1sc2c(F)ccc(Br)c2c1COc1c(F)cc(C(N)=O)cc1F. The number of esters is 1. The molecule has 5 nitrogen and oxygen atoms in total. The van der Waals surface area contributed by atoms with Crippen LogP contribution in [0.5, 0.6) is 5.75 Å². The highest BCUT2D eigenvalue weighted by Gasteiger charge is 2.24. The standard InChI is InChI=1S/C19H13BrF3NO4S/c1-2-27-19(26)16-9(14-10(20)3-4-11(21)17(14)29-16)7-28-15-12(22)5-8(18(24)25)6-13(15)23/h3-6H,2,7H2,1H3,(H2,24,25). The average molecular weight is 488 g/mol. The summed E-state index contributed by atoms with van der Waals surface area (Å²) in [5, 5.41) is 0.340. The molecule has 0 saturated carbocycles. The lowest BCUT2D eigenvalue weighted by atomic mass is 10.1. The summed E-state index contributed by atoms with van der Waals surface area (Å²) < 4.78 is 53.6. The Kier molecular flexibility index (Phi) is 6.13. The Morgan fingerprint density at radius 3 is 2.38 bits per heavy atom. The van der Waals surface area contributed by atoms with Gasteiger partial charge in [-0.2, -0.15) is 0 Å². The van der Waals surface area contributed by atoms with Crippen LogP contribution in [0.1, 0.15) is 32.5 Å². The number of hydrogen-bond acceptors (Lipinski definition) is 5. The Hall–Kier alpha value is -2.59. The van der Waals surface area contributed by atoms with E-state index in [2.05, 4.69) is 15.9 Å². The summed E-state index contributed by atoms with van der Waals surface area (Å²) in [5.41, 5.74) is 4.88. The first kappa shape index (κ1) is 21.1. The lowest BCUT2D eigenvalue weighted by Crippen LogP contribution is -2.13. The molecule has 10 heteroatoms. The fraction of sp³-hybridized carbons (Fsp3) is 0.158. The van der Waals surface area contributed by atoms with E-state index in [0.29, 0.717) is 9.86 Å². The number of hydrogen-bond donors (Lipinski definition) is 1. The maximum atomic E-state index is 14.3. The fourth-order valence-electron chi connectivity index (χ4n) is 2.67. The number of carbonyl (C=O) groups is 2. The zero-order valence-corrected chi connectivity index (χ0v) is 17.3. The highest BCUT2D eigenvalue weighted by molar-refractivity contribution is 9.10. The summed E-state index contributed by atoms with van der Waals surface area (Å²) in [4.78, 5) is 23.5. The van der Waals surface area contributed by atoms with Crippen LogP contribution >= 0.6 is 27.3 Å². The van der Waals surface area contributed by atoms with E-state index in [-0.39, 0.29) is 27.3 Å². The zero-order valence-electron chi connectivity index (χ0n) is 14.9. The molecular weight excluding hydrogens is 475 g/mol. The number of ether oxygens (including phenoxy) is 2. The molecule has 29 heavy (non-hydrogen) atoms. The van der Waals surface area contributed by atoms with Gasteiger partial charge in [-0.3, -0.25) is 4.79 Å². The summed E-state index contributed by atoms with van der Waals surface area (Å²) in [6, 6.07) is 4.17. The van der Waals surface area contributed by atoms with E-state index in [1.807, 2.05) is 0 Å². The van der Waals surface area contributed by atoms with Crippen molar-refractivity contribution >= 4 is 49.2 Å². The number of rotatable bonds is 6. The van der Waals surface area contributed by atoms with Crippen molar-refractivity contribution in [3.8, 4) is 5.75 Å². The molecule has 0 aliphatic carbocycles. The van der Waals surface area contributed by atoms with E-state index < -0.39 is 41.7 Å². The van der Waals surface area contributed by atoms with Crippen LogP contribution in [0.4, 0.5) is 13.2 Å². The third kappa shape index (κ3) is 4.08. The molecule has 2 N–H and O–H groups in total. The summed E-state index contributed by atoms with van der Waals surface area (Å²) >= 11 is 4.15. The van der Waals surface area contributed by atoms with E-state index in [4.69, 9.17) is 15.2 Å². The Morgan fingerprint density at radius 2 is 1.79 bits per heavy atom. The van der Waals surface area contributed by atoms with Crippen LogP contribution in [0.2, 0.25) is 0 Å². The number of halogens is 4. The lowest BCUT2D eigenvalue weighted by Gasteiger charge is -2.11. The second-order valence-corrected chi connectivity index (χ2v) is 7.66. The van der Waals surface area contributed by atoms with Gasteiger partial charge in [0.05, 0.1) is 11.3 Å². The molecule has 0 aliphatic rings. The van der Waals surface area contributed by atoms with Crippen molar-refractivity contribution in [2.75, 3.05) is 6.61 Å². The molecule has 0 radical (unpaired) electrons. The summed E-state index contributed by atoms with van der Waals surface area (Å²) in [7, 11) is 0. The second kappa shape index (κ2) is 8.42. The van der Waals surface area contributed by atoms with E-state index in [1.54, 1.807) is 6.92 Å². The van der Waals surface area contributed by atoms with Crippen molar-refractivity contribution < 1.29 is 32.2 Å². The van der Waals surface area contributed by atoms with Crippen molar-refractivity contribution in [3.05, 3.63) is 62.2 Å². The van der Waals surface area contributed by atoms with Crippen LogP contribution in [-0.2, 0) is 11.3 Å². The molecule has 1 aromatic heterocycles. The third-order valence-electron chi connectivity index (χ3n) is 3.94. The highest BCUT2D eigenvalue weighted by atomic mass is 79.9. The minimum atomic E-state index is -1.14. The summed E-state index contributed by atoms with van der Waals surface area (Å²) in [5.74, 6) is -5.29. The number of amides is 1. The topological polar surface area (TPSA) is 78.6 Å². The number of thiophene rings is 1. The van der Waals surface area contributed by atoms with Gasteiger partial charge in [0.15, 0.2) is 17.4 Å². The first-order chi connectivity index (χ1) is 13.7. The molecule has 3 rings (SSSR count). The van der Waals surface area contributed by atoms with Crippen molar-refractivity contribution in [1.29, 1.82) is 0 Å². The smallest absolute Gasteiger partial charge is 0.348 e. The molecular formula is C19H13BrF3NO4S. The predicted molar refractivity (Wildman–Crippen MR) is 105 cm³/mol. The third-order valence-corrected chi connectivity index (χ3v) is 5.82. The molecule has 0 atom stereocenters. The number of primary amides is 1. The Morgan fingerprint density at radius 1 is 1.14 bits per heavy atom. The van der Waals surface area contributed by atoms with Gasteiger partial charge < -0.3 is 15.2 Å². The second-order valence-electron chi connectivity index (χ2n) is 5.79. The number of nitrogens with two attached hydrogens (primary N) is 1. The van der Waals surface area contributed by atoms with Crippen molar-refractivity contribution in [2.45, 2.75) is 13.5 Å². The van der Waals surface area contributed by atoms with Gasteiger partial charge in [0.1, 0.15) is 17.3 Å². The molecule has 0 fully saturated rings. The normalized spacial score (nSPS) is 10.9. The number of carbonyl (C=O) groups excluding carboxylic acids is 2. The largest absolute Gasteiger partial charge is 0.483 e. The van der Waals surface area contributed by atoms with Gasteiger partial charge in [0, 0.05) is 21.0 Å². The first-order valence-corrected chi connectivity index (χ1v) is 9.83. The minimum absolute atomic E-state index is 0.0576. The summed E-state index contributed by atoms with van der Waals surface area (Å²) in [6.07, 6.45) is 0. The highest BCUT2D eigenvalue weighted by Crippen LogP contribution is 2.39. The predicted octanol–water partition coefficient (Wildman–Crippen LogP) is 4.94. The Labute approximate surface area is 175 Å². The number of fused-ring (bicyclic) bond motifs is 1. The molecule has 1 heterocycles. The van der Waals surface area contributed by atoms with Crippen LogP contribution in [0.15, 0.2) is 28.7 Å². The monoisotopic (exact) mass is 487 g/mol. The first-order valence-electron chi connectivity index (χ1n) is 8.22. The number of benzene rings is 2. The summed E-state index contributed by atoms with van der Waals surface area (Å²) in [6.45, 7) is 1.26.